The van der Waals surface area contributed by atoms with Crippen LogP contribution in [-0.2, 0) is 16.0 Å². The molecule has 0 radical (unpaired) electrons. The zero-order valence-corrected chi connectivity index (χ0v) is 17.6. The fourth-order valence-electron chi connectivity index (χ4n) is 2.82. The summed E-state index contributed by atoms with van der Waals surface area (Å²) in [5, 5.41) is 1.01. The van der Waals surface area contributed by atoms with Crippen molar-refractivity contribution in [1.82, 2.24) is 15.8 Å². The number of thiazole rings is 1. The van der Waals surface area contributed by atoms with Crippen molar-refractivity contribution >= 4 is 33.4 Å². The molecule has 6 nitrogen and oxygen atoms in total. The standard InChI is InChI=1S/C22H25N3O3S/c1-14-8-6-10-18(15(14)2)28-16(3)22(27)25-24-20(26)12-7-13-21-23-17-9-4-5-11-19(17)29-21/h4-6,8-11,16H,7,12-13H2,1-3H3,(H,24,26)(H,25,27). The third-order valence-electron chi connectivity index (χ3n) is 4.69. The SMILES string of the molecule is Cc1cccc(OC(C)C(=O)NNC(=O)CCCc2nc3ccccc3s2)c1C. The molecule has 152 valence electrons. The lowest BCUT2D eigenvalue weighted by molar-refractivity contribution is -0.132. The van der Waals surface area contributed by atoms with E-state index in [9.17, 15) is 9.59 Å². The largest absolute Gasteiger partial charge is 0.481 e. The van der Waals surface area contributed by atoms with E-state index in [-0.39, 0.29) is 5.91 Å². The van der Waals surface area contributed by atoms with Crippen molar-refractivity contribution in [3.05, 3.63) is 58.6 Å². The van der Waals surface area contributed by atoms with Crippen LogP contribution in [0.1, 0.15) is 35.9 Å². The van der Waals surface area contributed by atoms with E-state index in [1.165, 1.54) is 0 Å². The molecule has 3 rings (SSSR count). The van der Waals surface area contributed by atoms with Gasteiger partial charge in [0, 0.05) is 6.42 Å². The smallest absolute Gasteiger partial charge is 0.279 e. The number of aromatic nitrogens is 1. The number of rotatable bonds is 7. The van der Waals surface area contributed by atoms with Crippen LogP contribution in [0.25, 0.3) is 10.2 Å². The second kappa shape index (κ2) is 9.52. The Morgan fingerprint density at radius 1 is 1.10 bits per heavy atom. The quantitative estimate of drug-likeness (QED) is 0.579. The van der Waals surface area contributed by atoms with E-state index in [1.807, 2.05) is 56.3 Å². The van der Waals surface area contributed by atoms with Crippen LogP contribution in [-0.4, -0.2) is 22.9 Å². The first-order valence-corrected chi connectivity index (χ1v) is 10.4. The van der Waals surface area contributed by atoms with Gasteiger partial charge in [-0.05, 0) is 62.9 Å². The minimum absolute atomic E-state index is 0.238. The van der Waals surface area contributed by atoms with Crippen LogP contribution in [0.4, 0.5) is 0 Å². The summed E-state index contributed by atoms with van der Waals surface area (Å²) in [6.07, 6.45) is 0.976. The van der Waals surface area contributed by atoms with E-state index < -0.39 is 12.0 Å². The molecule has 2 aromatic carbocycles. The number of nitrogens with zero attached hydrogens (tertiary/aromatic N) is 1. The molecule has 0 saturated heterocycles. The molecular weight excluding hydrogens is 386 g/mol. The van der Waals surface area contributed by atoms with Gasteiger partial charge in [-0.1, -0.05) is 24.3 Å². The third kappa shape index (κ3) is 5.54. The first kappa shape index (κ1) is 20.8. The molecule has 0 aliphatic heterocycles. The number of carbonyl (C=O) groups is 2. The van der Waals surface area contributed by atoms with Crippen LogP contribution in [0.15, 0.2) is 42.5 Å². The molecular formula is C22H25N3O3S. The summed E-state index contributed by atoms with van der Waals surface area (Å²) in [7, 11) is 0. The number of hydrogen-bond acceptors (Lipinski definition) is 5. The van der Waals surface area contributed by atoms with Gasteiger partial charge in [0.2, 0.25) is 5.91 Å². The molecule has 1 atom stereocenters. The lowest BCUT2D eigenvalue weighted by atomic mass is 10.1. The summed E-state index contributed by atoms with van der Waals surface area (Å²) in [5.41, 5.74) is 7.96. The second-order valence-electron chi connectivity index (χ2n) is 6.92. The minimum atomic E-state index is -0.724. The van der Waals surface area contributed by atoms with Crippen LogP contribution in [0.2, 0.25) is 0 Å². The van der Waals surface area contributed by atoms with Crippen LogP contribution in [0.5, 0.6) is 5.75 Å². The summed E-state index contributed by atoms with van der Waals surface area (Å²) in [6, 6.07) is 13.7. The van der Waals surface area contributed by atoms with Gasteiger partial charge >= 0.3 is 0 Å². The molecule has 1 aromatic heterocycles. The van der Waals surface area contributed by atoms with Gasteiger partial charge in [0.15, 0.2) is 6.10 Å². The van der Waals surface area contributed by atoms with E-state index in [0.29, 0.717) is 18.6 Å². The Bertz CT molecular complexity index is 982. The summed E-state index contributed by atoms with van der Waals surface area (Å²) in [5.74, 6) is 0.0265. The van der Waals surface area contributed by atoms with Crippen LogP contribution in [0, 0.1) is 13.8 Å². The molecule has 1 unspecified atom stereocenters. The molecule has 0 saturated carbocycles. The van der Waals surface area contributed by atoms with E-state index in [4.69, 9.17) is 4.74 Å². The van der Waals surface area contributed by atoms with E-state index in [0.717, 1.165) is 32.8 Å². The maximum absolute atomic E-state index is 12.2. The second-order valence-corrected chi connectivity index (χ2v) is 8.04. The average Bonchev–Trinajstić information content (AvgIpc) is 3.12. The van der Waals surface area contributed by atoms with Crippen molar-refractivity contribution in [1.29, 1.82) is 0 Å². The maximum atomic E-state index is 12.2. The Labute approximate surface area is 174 Å². The molecule has 2 amide bonds. The molecule has 0 aliphatic carbocycles. The van der Waals surface area contributed by atoms with Crippen LogP contribution < -0.4 is 15.6 Å². The lowest BCUT2D eigenvalue weighted by Crippen LogP contribution is -2.47. The first-order valence-electron chi connectivity index (χ1n) is 9.60. The predicted octanol–water partition coefficient (Wildman–Crippen LogP) is 3.85. The van der Waals surface area contributed by atoms with Gasteiger partial charge in [-0.15, -0.1) is 11.3 Å². The maximum Gasteiger partial charge on any atom is 0.279 e. The van der Waals surface area contributed by atoms with Gasteiger partial charge < -0.3 is 4.74 Å². The van der Waals surface area contributed by atoms with E-state index in [2.05, 4.69) is 15.8 Å². The van der Waals surface area contributed by atoms with E-state index >= 15 is 0 Å². The topological polar surface area (TPSA) is 80.3 Å². The molecule has 1 heterocycles. The van der Waals surface area contributed by atoms with E-state index in [1.54, 1.807) is 18.3 Å². The zero-order chi connectivity index (χ0) is 20.8. The van der Waals surface area contributed by atoms with Gasteiger partial charge in [0.1, 0.15) is 5.75 Å². The minimum Gasteiger partial charge on any atom is -0.481 e. The fourth-order valence-corrected chi connectivity index (χ4v) is 3.83. The Hall–Kier alpha value is -2.93. The number of hydrogen-bond donors (Lipinski definition) is 2. The van der Waals surface area contributed by atoms with Gasteiger partial charge in [0.05, 0.1) is 15.2 Å². The molecule has 7 heteroatoms. The summed E-state index contributed by atoms with van der Waals surface area (Å²) < 4.78 is 6.87. The number of hydrazine groups is 1. The van der Waals surface area contributed by atoms with Crippen molar-refractivity contribution in [3.8, 4) is 5.75 Å². The number of amides is 2. The third-order valence-corrected chi connectivity index (χ3v) is 5.78. The number of para-hydroxylation sites is 1. The molecule has 2 N–H and O–H groups in total. The van der Waals surface area contributed by atoms with Gasteiger partial charge in [-0.2, -0.15) is 0 Å². The highest BCUT2D eigenvalue weighted by Crippen LogP contribution is 2.23. The first-order chi connectivity index (χ1) is 13.9. The summed E-state index contributed by atoms with van der Waals surface area (Å²) >= 11 is 1.64. The average molecular weight is 412 g/mol. The number of benzene rings is 2. The molecule has 0 aliphatic rings. The van der Waals surface area contributed by atoms with Crippen LogP contribution >= 0.6 is 11.3 Å². The highest BCUT2D eigenvalue weighted by molar-refractivity contribution is 7.18. The lowest BCUT2D eigenvalue weighted by Gasteiger charge is -2.17. The Morgan fingerprint density at radius 2 is 1.90 bits per heavy atom. The predicted molar refractivity (Wildman–Crippen MR) is 115 cm³/mol. The van der Waals surface area contributed by atoms with Crippen molar-refractivity contribution in [3.63, 3.8) is 0 Å². The molecule has 29 heavy (non-hydrogen) atoms. The highest BCUT2D eigenvalue weighted by atomic mass is 32.1. The molecule has 0 bridgehead atoms. The van der Waals surface area contributed by atoms with Gasteiger partial charge in [-0.3, -0.25) is 20.4 Å². The van der Waals surface area contributed by atoms with Crippen LogP contribution in [0.3, 0.4) is 0 Å². The van der Waals surface area contributed by atoms with Crippen molar-refractivity contribution in [2.45, 2.75) is 46.1 Å². The fraction of sp³-hybridized carbons (Fsp3) is 0.318. The normalized spacial score (nSPS) is 11.8. The van der Waals surface area contributed by atoms with Crippen molar-refractivity contribution in [2.24, 2.45) is 0 Å². The number of ether oxygens (including phenoxy) is 1. The molecule has 0 spiro atoms. The monoisotopic (exact) mass is 411 g/mol. The number of carbonyl (C=O) groups excluding carboxylic acids is 2. The number of fused-ring (bicyclic) bond motifs is 1. The van der Waals surface area contributed by atoms with Gasteiger partial charge in [-0.25, -0.2) is 4.98 Å². The Kier molecular flexibility index (Phi) is 6.82. The zero-order valence-electron chi connectivity index (χ0n) is 16.8. The summed E-state index contributed by atoms with van der Waals surface area (Å²) in [6.45, 7) is 5.58. The molecule has 3 aromatic rings. The molecule has 0 fully saturated rings. The summed E-state index contributed by atoms with van der Waals surface area (Å²) in [4.78, 5) is 28.8. The highest BCUT2D eigenvalue weighted by Gasteiger charge is 2.16. The number of nitrogens with one attached hydrogen (secondary N) is 2. The Balaban J connectivity index is 1.40. The van der Waals surface area contributed by atoms with Gasteiger partial charge in [0.25, 0.3) is 5.91 Å². The van der Waals surface area contributed by atoms with Crippen molar-refractivity contribution in [2.75, 3.05) is 0 Å². The number of aryl methyl sites for hydroxylation is 2. The van der Waals surface area contributed by atoms with Crippen molar-refractivity contribution < 1.29 is 14.3 Å². The Morgan fingerprint density at radius 3 is 2.69 bits per heavy atom.